The van der Waals surface area contributed by atoms with Crippen molar-refractivity contribution < 1.29 is 28.0 Å². The van der Waals surface area contributed by atoms with Crippen LogP contribution in [-0.2, 0) is 14.6 Å². The van der Waals surface area contributed by atoms with Gasteiger partial charge in [-0.2, -0.15) is 0 Å². The molecule has 2 N–H and O–H groups in total. The predicted molar refractivity (Wildman–Crippen MR) is 60.1 cm³/mol. The molecule has 0 saturated heterocycles. The van der Waals surface area contributed by atoms with Crippen molar-refractivity contribution in [3.8, 4) is 0 Å². The number of hydrogen-bond acceptors (Lipinski definition) is 6. The molecule has 0 atom stereocenters. The van der Waals surface area contributed by atoms with E-state index < -0.39 is 21.7 Å². The van der Waals surface area contributed by atoms with Crippen LogP contribution in [0.15, 0.2) is 23.1 Å². The first-order chi connectivity index (χ1) is 8.31. The first kappa shape index (κ1) is 14.1. The van der Waals surface area contributed by atoms with Crippen LogP contribution < -0.4 is 5.48 Å². The lowest BCUT2D eigenvalue weighted by Gasteiger charge is -2.08. The Kier molecular flexibility index (Phi) is 4.04. The molecule has 0 radical (unpaired) electrons. The molecule has 0 aliphatic rings. The number of carbonyl (C=O) groups excluding carboxylic acids is 2. The Labute approximate surface area is 103 Å². The van der Waals surface area contributed by atoms with E-state index in [1.165, 1.54) is 11.5 Å². The maximum Gasteiger partial charge on any atom is 0.338 e. The van der Waals surface area contributed by atoms with E-state index in [0.29, 0.717) is 0 Å². The summed E-state index contributed by atoms with van der Waals surface area (Å²) in [6, 6.07) is 3.32. The highest BCUT2D eigenvalue weighted by atomic mass is 32.2. The zero-order chi connectivity index (χ0) is 13.9. The van der Waals surface area contributed by atoms with Gasteiger partial charge < -0.3 is 4.74 Å². The molecule has 7 nitrogen and oxygen atoms in total. The Hall–Kier alpha value is -1.93. The molecular formula is C10H11NO6S. The third-order valence-electron chi connectivity index (χ3n) is 2.17. The normalized spacial score (nSPS) is 10.8. The van der Waals surface area contributed by atoms with Gasteiger partial charge in [0.15, 0.2) is 9.84 Å². The number of amides is 1. The van der Waals surface area contributed by atoms with Crippen LogP contribution in [0.1, 0.15) is 20.7 Å². The van der Waals surface area contributed by atoms with Crippen LogP contribution in [0.2, 0.25) is 0 Å². The van der Waals surface area contributed by atoms with Crippen molar-refractivity contribution in [2.45, 2.75) is 4.90 Å². The standard InChI is InChI=1S/C10H11NO6S/c1-17-10(13)7-4-3-6(18(2,15)16)5-8(7)9(12)11-14/h3-5,14H,1-2H3,(H,11,12). The highest BCUT2D eigenvalue weighted by Crippen LogP contribution is 2.17. The van der Waals surface area contributed by atoms with Crippen molar-refractivity contribution >= 4 is 21.7 Å². The molecule has 1 amide bonds. The minimum atomic E-state index is -3.53. The molecule has 1 aromatic rings. The molecular weight excluding hydrogens is 262 g/mol. The second kappa shape index (κ2) is 5.15. The van der Waals surface area contributed by atoms with Crippen molar-refractivity contribution in [2.24, 2.45) is 0 Å². The number of hydrogen-bond donors (Lipinski definition) is 2. The molecule has 1 rings (SSSR count). The van der Waals surface area contributed by atoms with Crippen LogP contribution in [0.25, 0.3) is 0 Å². The molecule has 0 aliphatic carbocycles. The molecule has 0 saturated carbocycles. The van der Waals surface area contributed by atoms with Crippen LogP contribution in [0.5, 0.6) is 0 Å². The van der Waals surface area contributed by atoms with Crippen molar-refractivity contribution in [3.05, 3.63) is 29.3 Å². The van der Waals surface area contributed by atoms with Gasteiger partial charge in [-0.15, -0.1) is 0 Å². The minimum absolute atomic E-state index is 0.142. The van der Waals surface area contributed by atoms with Gasteiger partial charge >= 0.3 is 5.97 Å². The number of hydroxylamine groups is 1. The highest BCUT2D eigenvalue weighted by Gasteiger charge is 2.20. The Morgan fingerprint density at radius 1 is 1.28 bits per heavy atom. The monoisotopic (exact) mass is 273 g/mol. The zero-order valence-electron chi connectivity index (χ0n) is 9.63. The van der Waals surface area contributed by atoms with E-state index >= 15 is 0 Å². The second-order valence-electron chi connectivity index (χ2n) is 3.41. The summed E-state index contributed by atoms with van der Waals surface area (Å²) in [7, 11) is -2.41. The molecule has 98 valence electrons. The van der Waals surface area contributed by atoms with Crippen LogP contribution in [-0.4, -0.2) is 38.9 Å². The van der Waals surface area contributed by atoms with E-state index in [9.17, 15) is 18.0 Å². The number of ether oxygens (including phenoxy) is 1. The van der Waals surface area contributed by atoms with E-state index in [2.05, 4.69) is 4.74 Å². The highest BCUT2D eigenvalue weighted by molar-refractivity contribution is 7.90. The average Bonchev–Trinajstić information content (AvgIpc) is 2.35. The number of sulfone groups is 1. The van der Waals surface area contributed by atoms with Gasteiger partial charge in [0, 0.05) is 6.26 Å². The van der Waals surface area contributed by atoms with E-state index in [1.807, 2.05) is 0 Å². The third kappa shape index (κ3) is 2.84. The summed E-state index contributed by atoms with van der Waals surface area (Å²) in [6.07, 6.45) is 0.959. The summed E-state index contributed by atoms with van der Waals surface area (Å²) < 4.78 is 27.1. The van der Waals surface area contributed by atoms with Gasteiger partial charge in [0.25, 0.3) is 5.91 Å². The maximum atomic E-state index is 11.4. The van der Waals surface area contributed by atoms with Gasteiger partial charge in [-0.3, -0.25) is 10.0 Å². The number of benzene rings is 1. The van der Waals surface area contributed by atoms with Crippen molar-refractivity contribution in [1.82, 2.24) is 5.48 Å². The average molecular weight is 273 g/mol. The molecule has 0 aliphatic heterocycles. The fourth-order valence-electron chi connectivity index (χ4n) is 1.29. The van der Waals surface area contributed by atoms with Gasteiger partial charge in [-0.25, -0.2) is 18.7 Å². The first-order valence-electron chi connectivity index (χ1n) is 4.68. The topological polar surface area (TPSA) is 110 Å². The summed E-state index contributed by atoms with van der Waals surface area (Å²) in [5.41, 5.74) is 0.911. The lowest BCUT2D eigenvalue weighted by Crippen LogP contribution is -2.22. The zero-order valence-corrected chi connectivity index (χ0v) is 10.4. The maximum absolute atomic E-state index is 11.4. The number of rotatable bonds is 3. The number of methoxy groups -OCH3 is 1. The lowest BCUT2D eigenvalue weighted by molar-refractivity contribution is 0.0587. The Bertz CT molecular complexity index is 592. The number of carbonyl (C=O) groups is 2. The van der Waals surface area contributed by atoms with E-state index in [0.717, 1.165) is 25.5 Å². The quantitative estimate of drug-likeness (QED) is 0.455. The molecule has 0 bridgehead atoms. The number of esters is 1. The van der Waals surface area contributed by atoms with Gasteiger partial charge in [0.2, 0.25) is 0 Å². The third-order valence-corrected chi connectivity index (χ3v) is 3.28. The van der Waals surface area contributed by atoms with E-state index in [4.69, 9.17) is 5.21 Å². The van der Waals surface area contributed by atoms with E-state index in [1.54, 1.807) is 0 Å². The molecule has 0 heterocycles. The molecule has 18 heavy (non-hydrogen) atoms. The Morgan fingerprint density at radius 2 is 1.89 bits per heavy atom. The number of nitrogens with one attached hydrogen (secondary N) is 1. The van der Waals surface area contributed by atoms with Gasteiger partial charge in [-0.1, -0.05) is 0 Å². The first-order valence-corrected chi connectivity index (χ1v) is 6.57. The largest absolute Gasteiger partial charge is 0.465 e. The molecule has 1 aromatic carbocycles. The summed E-state index contributed by atoms with van der Waals surface area (Å²) >= 11 is 0. The van der Waals surface area contributed by atoms with Crippen LogP contribution >= 0.6 is 0 Å². The minimum Gasteiger partial charge on any atom is -0.465 e. The molecule has 0 fully saturated rings. The van der Waals surface area contributed by atoms with Gasteiger partial charge in [-0.05, 0) is 18.2 Å². The van der Waals surface area contributed by atoms with E-state index in [-0.39, 0.29) is 16.0 Å². The Morgan fingerprint density at radius 3 is 2.33 bits per heavy atom. The van der Waals surface area contributed by atoms with Crippen LogP contribution in [0.3, 0.4) is 0 Å². The van der Waals surface area contributed by atoms with Crippen molar-refractivity contribution in [1.29, 1.82) is 0 Å². The summed E-state index contributed by atoms with van der Waals surface area (Å²) in [5.74, 6) is -1.81. The SMILES string of the molecule is COC(=O)c1ccc(S(C)(=O)=O)cc1C(=O)NO. The predicted octanol–water partition coefficient (Wildman–Crippen LogP) is -0.00430. The summed E-state index contributed by atoms with van der Waals surface area (Å²) in [4.78, 5) is 22.6. The van der Waals surface area contributed by atoms with Crippen molar-refractivity contribution in [3.63, 3.8) is 0 Å². The molecule has 0 unspecified atom stereocenters. The molecule has 0 spiro atoms. The molecule has 0 aromatic heterocycles. The summed E-state index contributed by atoms with van der Waals surface area (Å²) in [6.45, 7) is 0. The second-order valence-corrected chi connectivity index (χ2v) is 5.43. The van der Waals surface area contributed by atoms with Crippen LogP contribution in [0.4, 0.5) is 0 Å². The molecule has 8 heteroatoms. The lowest BCUT2D eigenvalue weighted by atomic mass is 10.1. The van der Waals surface area contributed by atoms with Crippen LogP contribution in [0, 0.1) is 0 Å². The smallest absolute Gasteiger partial charge is 0.338 e. The van der Waals surface area contributed by atoms with Gasteiger partial charge in [0.05, 0.1) is 23.1 Å². The summed E-state index contributed by atoms with van der Waals surface area (Å²) in [5, 5.41) is 8.56. The Balaban J connectivity index is 3.48. The van der Waals surface area contributed by atoms with Crippen molar-refractivity contribution in [2.75, 3.05) is 13.4 Å². The van der Waals surface area contributed by atoms with Gasteiger partial charge in [0.1, 0.15) is 0 Å². The fraction of sp³-hybridized carbons (Fsp3) is 0.200. The fourth-order valence-corrected chi connectivity index (χ4v) is 1.94.